The number of hydrogen-bond donors (Lipinski definition) is 1. The van der Waals surface area contributed by atoms with Gasteiger partial charge >= 0.3 is 5.97 Å². The molecule has 0 fully saturated rings. The van der Waals surface area contributed by atoms with E-state index in [1.54, 1.807) is 36.0 Å². The second-order valence-electron chi connectivity index (χ2n) is 6.35. The molecule has 2 aromatic rings. The number of carbonyl (C=O) groups is 2. The van der Waals surface area contributed by atoms with Crippen LogP contribution < -0.4 is 10.1 Å². The van der Waals surface area contributed by atoms with Crippen LogP contribution in [0.3, 0.4) is 0 Å². The molecule has 2 aromatic carbocycles. The van der Waals surface area contributed by atoms with Crippen molar-refractivity contribution in [2.24, 2.45) is 5.92 Å². The van der Waals surface area contributed by atoms with Crippen molar-refractivity contribution in [3.05, 3.63) is 59.7 Å². The summed E-state index contributed by atoms with van der Waals surface area (Å²) < 4.78 is 10.6. The third-order valence-corrected chi connectivity index (χ3v) is 4.84. The van der Waals surface area contributed by atoms with Crippen LogP contribution in [0.4, 0.5) is 0 Å². The van der Waals surface area contributed by atoms with Gasteiger partial charge in [0.2, 0.25) is 0 Å². The molecule has 0 saturated carbocycles. The first-order valence-corrected chi connectivity index (χ1v) is 9.92. The maximum atomic E-state index is 12.6. The number of ether oxygens (including phenoxy) is 2. The number of benzene rings is 2. The van der Waals surface area contributed by atoms with Crippen LogP contribution in [0.5, 0.6) is 5.75 Å². The largest absolute Gasteiger partial charge is 0.496 e. The number of carbonyl (C=O) groups excluding carboxylic acids is 2. The Morgan fingerprint density at radius 1 is 1.07 bits per heavy atom. The van der Waals surface area contributed by atoms with Gasteiger partial charge in [-0.15, -0.1) is 11.8 Å². The Hall–Kier alpha value is -2.47. The second kappa shape index (κ2) is 10.0. The molecule has 0 aromatic heterocycles. The van der Waals surface area contributed by atoms with Crippen LogP contribution in [0.2, 0.25) is 0 Å². The van der Waals surface area contributed by atoms with E-state index in [1.165, 1.54) is 7.11 Å². The van der Waals surface area contributed by atoms with Gasteiger partial charge in [-0.25, -0.2) is 4.79 Å². The van der Waals surface area contributed by atoms with E-state index in [1.807, 2.05) is 44.4 Å². The lowest BCUT2D eigenvalue weighted by atomic mass is 10.0. The van der Waals surface area contributed by atoms with Gasteiger partial charge in [0.1, 0.15) is 18.4 Å². The standard InChI is InChI=1S/C21H25NO4S/c1-14(2)19(22-20(23)17-7-5-6-8-18(17)25-3)21(24)26-13-15-9-11-16(27-4)12-10-15/h5-12,14,19H,13H2,1-4H3,(H,22,23)/t19-/m0/s1. The van der Waals surface area contributed by atoms with Crippen LogP contribution in [-0.2, 0) is 16.1 Å². The monoisotopic (exact) mass is 387 g/mol. The molecule has 2 rings (SSSR count). The zero-order valence-electron chi connectivity index (χ0n) is 16.0. The number of rotatable bonds is 8. The Morgan fingerprint density at radius 2 is 1.74 bits per heavy atom. The zero-order chi connectivity index (χ0) is 19.8. The second-order valence-corrected chi connectivity index (χ2v) is 7.23. The minimum atomic E-state index is -0.743. The smallest absolute Gasteiger partial charge is 0.329 e. The Bertz CT molecular complexity index is 774. The SMILES string of the molecule is COc1ccccc1C(=O)N[C@H](C(=O)OCc1ccc(SC)cc1)C(C)C. The van der Waals surface area contributed by atoms with Crippen molar-refractivity contribution in [3.63, 3.8) is 0 Å². The highest BCUT2D eigenvalue weighted by atomic mass is 32.2. The maximum absolute atomic E-state index is 12.6. The predicted molar refractivity (Wildman–Crippen MR) is 107 cm³/mol. The first-order valence-electron chi connectivity index (χ1n) is 8.69. The molecule has 0 aliphatic heterocycles. The lowest BCUT2D eigenvalue weighted by molar-refractivity contribution is -0.148. The van der Waals surface area contributed by atoms with Crippen molar-refractivity contribution < 1.29 is 19.1 Å². The molecule has 6 heteroatoms. The normalized spacial score (nSPS) is 11.7. The van der Waals surface area contributed by atoms with E-state index in [0.717, 1.165) is 10.5 Å². The fraction of sp³-hybridized carbons (Fsp3) is 0.333. The first kappa shape index (κ1) is 20.8. The van der Waals surface area contributed by atoms with Crippen molar-refractivity contribution in [1.82, 2.24) is 5.32 Å². The predicted octanol–water partition coefficient (Wildman–Crippen LogP) is 3.91. The Balaban J connectivity index is 2.02. The molecule has 0 radical (unpaired) electrons. The van der Waals surface area contributed by atoms with Gasteiger partial charge in [-0.2, -0.15) is 0 Å². The van der Waals surface area contributed by atoms with Crippen molar-refractivity contribution in [3.8, 4) is 5.75 Å². The van der Waals surface area contributed by atoms with Crippen molar-refractivity contribution in [2.45, 2.75) is 31.4 Å². The van der Waals surface area contributed by atoms with Crippen molar-refractivity contribution in [2.75, 3.05) is 13.4 Å². The summed E-state index contributed by atoms with van der Waals surface area (Å²) in [5.41, 5.74) is 1.28. The summed E-state index contributed by atoms with van der Waals surface area (Å²) in [6, 6.07) is 14.0. The third-order valence-electron chi connectivity index (χ3n) is 4.10. The molecular formula is C21H25NO4S. The summed E-state index contributed by atoms with van der Waals surface area (Å²) in [6.45, 7) is 3.89. The molecule has 0 spiro atoms. The van der Waals surface area contributed by atoms with Crippen LogP contribution in [-0.4, -0.2) is 31.3 Å². The van der Waals surface area contributed by atoms with Gasteiger partial charge in [-0.1, -0.05) is 38.1 Å². The molecule has 1 amide bonds. The highest BCUT2D eigenvalue weighted by molar-refractivity contribution is 7.98. The van der Waals surface area contributed by atoms with E-state index in [0.29, 0.717) is 11.3 Å². The fourth-order valence-corrected chi connectivity index (χ4v) is 2.92. The number of methoxy groups -OCH3 is 1. The van der Waals surface area contributed by atoms with Crippen LogP contribution >= 0.6 is 11.8 Å². The molecule has 0 aliphatic carbocycles. The summed E-state index contributed by atoms with van der Waals surface area (Å²) in [5.74, 6) is -0.482. The number of hydrogen-bond acceptors (Lipinski definition) is 5. The summed E-state index contributed by atoms with van der Waals surface area (Å²) in [4.78, 5) is 26.3. The molecule has 27 heavy (non-hydrogen) atoms. The molecule has 5 nitrogen and oxygen atoms in total. The van der Waals surface area contributed by atoms with Gasteiger partial charge < -0.3 is 14.8 Å². The third kappa shape index (κ3) is 5.76. The number of amides is 1. The van der Waals surface area contributed by atoms with Crippen molar-refractivity contribution in [1.29, 1.82) is 0 Å². The van der Waals surface area contributed by atoms with Crippen LogP contribution in [0.1, 0.15) is 29.8 Å². The quantitative estimate of drug-likeness (QED) is 0.549. The van der Waals surface area contributed by atoms with Gasteiger partial charge in [0.25, 0.3) is 5.91 Å². The van der Waals surface area contributed by atoms with E-state index in [-0.39, 0.29) is 18.4 Å². The summed E-state index contributed by atoms with van der Waals surface area (Å²) in [6.07, 6.45) is 2.01. The zero-order valence-corrected chi connectivity index (χ0v) is 16.8. The number of nitrogens with one attached hydrogen (secondary N) is 1. The molecule has 0 heterocycles. The fourth-order valence-electron chi connectivity index (χ4n) is 2.51. The molecule has 1 atom stereocenters. The molecule has 0 unspecified atom stereocenters. The Kier molecular flexibility index (Phi) is 7.73. The van der Waals surface area contributed by atoms with Crippen molar-refractivity contribution >= 4 is 23.6 Å². The van der Waals surface area contributed by atoms with E-state index in [4.69, 9.17) is 9.47 Å². The van der Waals surface area contributed by atoms with E-state index in [9.17, 15) is 9.59 Å². The molecule has 0 bridgehead atoms. The lowest BCUT2D eigenvalue weighted by Crippen LogP contribution is -2.45. The molecule has 144 valence electrons. The van der Waals surface area contributed by atoms with Gasteiger partial charge in [-0.3, -0.25) is 4.79 Å². The number of para-hydroxylation sites is 1. The molecule has 0 saturated heterocycles. The summed E-state index contributed by atoms with van der Waals surface area (Å²) >= 11 is 1.65. The van der Waals surface area contributed by atoms with Crippen LogP contribution in [0.25, 0.3) is 0 Å². The molecular weight excluding hydrogens is 362 g/mol. The number of esters is 1. The first-order chi connectivity index (χ1) is 13.0. The van der Waals surface area contributed by atoms with Gasteiger partial charge in [0.05, 0.1) is 12.7 Å². The molecule has 0 aliphatic rings. The highest BCUT2D eigenvalue weighted by Crippen LogP contribution is 2.18. The van der Waals surface area contributed by atoms with Gasteiger partial charge in [0, 0.05) is 4.90 Å². The summed E-state index contributed by atoms with van der Waals surface area (Å²) in [7, 11) is 1.50. The topological polar surface area (TPSA) is 64.6 Å². The lowest BCUT2D eigenvalue weighted by Gasteiger charge is -2.21. The average Bonchev–Trinajstić information content (AvgIpc) is 2.70. The average molecular weight is 388 g/mol. The minimum Gasteiger partial charge on any atom is -0.496 e. The maximum Gasteiger partial charge on any atom is 0.329 e. The number of thioether (sulfide) groups is 1. The minimum absolute atomic E-state index is 0.116. The molecule has 1 N–H and O–H groups in total. The van der Waals surface area contributed by atoms with E-state index < -0.39 is 12.0 Å². The summed E-state index contributed by atoms with van der Waals surface area (Å²) in [5, 5.41) is 2.76. The van der Waals surface area contributed by atoms with E-state index >= 15 is 0 Å². The highest BCUT2D eigenvalue weighted by Gasteiger charge is 2.27. The Morgan fingerprint density at radius 3 is 2.33 bits per heavy atom. The Labute approximate surface area is 164 Å². The van der Waals surface area contributed by atoms with Gasteiger partial charge in [0.15, 0.2) is 0 Å². The van der Waals surface area contributed by atoms with E-state index in [2.05, 4.69) is 5.32 Å². The van der Waals surface area contributed by atoms with Crippen LogP contribution in [0.15, 0.2) is 53.4 Å². The van der Waals surface area contributed by atoms with Crippen LogP contribution in [0, 0.1) is 5.92 Å². The van der Waals surface area contributed by atoms with Gasteiger partial charge in [-0.05, 0) is 42.0 Å².